The molecule has 1 aromatic heterocycles. The molecular weight excluding hydrogens is 450 g/mol. The molecule has 174 valence electrons. The molecule has 14 heteroatoms. The van der Waals surface area contributed by atoms with Gasteiger partial charge in [-0.25, -0.2) is 23.3 Å². The zero-order valence-corrected chi connectivity index (χ0v) is 18.3. The number of non-ortho nitro benzene ring substituents is 1. The molecule has 0 aliphatic heterocycles. The number of aliphatic hydroxyl groups excluding tert-OH is 1. The second-order valence-corrected chi connectivity index (χ2v) is 8.95. The maximum absolute atomic E-state index is 12.5. The third kappa shape index (κ3) is 6.09. The average molecular weight is 471 g/mol. The van der Waals surface area contributed by atoms with E-state index in [1.807, 2.05) is 0 Å². The van der Waals surface area contributed by atoms with Gasteiger partial charge in [0.2, 0.25) is 6.10 Å². The quantitative estimate of drug-likeness (QED) is 0.268. The Morgan fingerprint density at radius 1 is 1.22 bits per heavy atom. The van der Waals surface area contributed by atoms with Gasteiger partial charge in [-0.1, -0.05) is 0 Å². The van der Waals surface area contributed by atoms with E-state index in [2.05, 4.69) is 9.72 Å². The van der Waals surface area contributed by atoms with Crippen molar-refractivity contribution in [2.75, 3.05) is 7.11 Å². The molecule has 2 atom stereocenters. The van der Waals surface area contributed by atoms with Gasteiger partial charge in [0.25, 0.3) is 15.8 Å². The lowest BCUT2D eigenvalue weighted by atomic mass is 10.1. The lowest BCUT2D eigenvalue weighted by Gasteiger charge is -2.20. The highest BCUT2D eigenvalue weighted by Crippen LogP contribution is 2.25. The van der Waals surface area contributed by atoms with Crippen LogP contribution in [0.3, 0.4) is 0 Å². The van der Waals surface area contributed by atoms with Crippen LogP contribution in [0.4, 0.5) is 10.5 Å². The van der Waals surface area contributed by atoms with Gasteiger partial charge >= 0.3 is 12.1 Å². The Labute approximate surface area is 182 Å². The van der Waals surface area contributed by atoms with E-state index >= 15 is 0 Å². The largest absolute Gasteiger partial charge is 0.467 e. The first kappa shape index (κ1) is 24.9. The fraction of sp³-hybridized carbons (Fsp3) is 0.389. The highest BCUT2D eigenvalue weighted by Gasteiger charge is 2.37. The number of ether oxygens (including phenoxy) is 2. The number of hydrogen-bond acceptors (Lipinski definition) is 11. The first-order valence-electron chi connectivity index (χ1n) is 8.96. The minimum absolute atomic E-state index is 0.273. The molecular formula is C18H21N3O10S. The van der Waals surface area contributed by atoms with E-state index in [0.717, 1.165) is 48.5 Å². The van der Waals surface area contributed by atoms with Crippen molar-refractivity contribution in [3.05, 3.63) is 52.6 Å². The van der Waals surface area contributed by atoms with Gasteiger partial charge in [0, 0.05) is 18.3 Å². The summed E-state index contributed by atoms with van der Waals surface area (Å²) in [5.41, 5.74) is -1.44. The van der Waals surface area contributed by atoms with Gasteiger partial charge in [-0.05, 0) is 32.9 Å². The van der Waals surface area contributed by atoms with Gasteiger partial charge in [-0.15, -0.1) is 0 Å². The number of carbonyl (C=O) groups excluding carboxylic acids is 2. The van der Waals surface area contributed by atoms with Gasteiger partial charge in [0.05, 0.1) is 22.6 Å². The Kier molecular flexibility index (Phi) is 7.33. The van der Waals surface area contributed by atoms with Crippen molar-refractivity contribution in [1.29, 1.82) is 0 Å². The number of nitro groups is 1. The van der Waals surface area contributed by atoms with Crippen molar-refractivity contribution in [2.24, 2.45) is 0 Å². The topological polar surface area (TPSA) is 177 Å². The molecule has 0 spiro atoms. The molecule has 0 amide bonds. The Morgan fingerprint density at radius 2 is 1.81 bits per heavy atom. The molecule has 0 unspecified atom stereocenters. The minimum atomic E-state index is -4.65. The number of nitrogens with zero attached hydrogens (tertiary/aromatic N) is 3. The summed E-state index contributed by atoms with van der Waals surface area (Å²) < 4.78 is 40.5. The van der Waals surface area contributed by atoms with Crippen molar-refractivity contribution in [1.82, 2.24) is 9.55 Å². The van der Waals surface area contributed by atoms with Gasteiger partial charge in [0.15, 0.2) is 0 Å². The number of benzene rings is 1. The third-order valence-electron chi connectivity index (χ3n) is 3.80. The Balaban J connectivity index is 2.29. The summed E-state index contributed by atoms with van der Waals surface area (Å²) in [4.78, 5) is 37.5. The molecule has 0 fully saturated rings. The van der Waals surface area contributed by atoms with Crippen LogP contribution >= 0.6 is 0 Å². The number of nitro benzene ring substituents is 1. The number of aliphatic hydroxyl groups is 1. The molecule has 2 rings (SSSR count). The highest BCUT2D eigenvalue weighted by atomic mass is 32.2. The van der Waals surface area contributed by atoms with Crippen LogP contribution in [0, 0.1) is 10.1 Å². The van der Waals surface area contributed by atoms with Gasteiger partial charge in [-0.3, -0.25) is 10.1 Å². The summed E-state index contributed by atoms with van der Waals surface area (Å²) in [5, 5.41) is 21.3. The standard InChI is InChI=1S/C18H21N3O10S/c1-18(2,3)30-17(24)20-9-13(19-10-20)14(22)15(16(23)29-4)31-32(27,28)12-7-5-11(6-8-12)21(25)26/h5-10,14-15,22H,1-4H3/t14-,15+/m1/s1. The van der Waals surface area contributed by atoms with Crippen LogP contribution in [-0.2, 0) is 28.6 Å². The second-order valence-electron chi connectivity index (χ2n) is 7.38. The number of hydrogen-bond donors (Lipinski definition) is 1. The van der Waals surface area contributed by atoms with Gasteiger partial charge in [-0.2, -0.15) is 8.42 Å². The van der Waals surface area contributed by atoms with E-state index in [9.17, 15) is 33.2 Å². The molecule has 32 heavy (non-hydrogen) atoms. The molecule has 0 bridgehead atoms. The van der Waals surface area contributed by atoms with Gasteiger partial charge in [0.1, 0.15) is 18.0 Å². The Hall–Kier alpha value is -3.36. The lowest BCUT2D eigenvalue weighted by Crippen LogP contribution is -2.34. The second kappa shape index (κ2) is 9.42. The van der Waals surface area contributed by atoms with Crippen molar-refractivity contribution < 1.29 is 41.7 Å². The molecule has 0 saturated carbocycles. The predicted molar refractivity (Wildman–Crippen MR) is 106 cm³/mol. The molecule has 0 aliphatic rings. The van der Waals surface area contributed by atoms with Crippen molar-refractivity contribution in [3.8, 4) is 0 Å². The Bertz CT molecular complexity index is 1100. The summed E-state index contributed by atoms with van der Waals surface area (Å²) >= 11 is 0. The summed E-state index contributed by atoms with van der Waals surface area (Å²) in [6.07, 6.45) is -2.80. The van der Waals surface area contributed by atoms with Gasteiger partial charge < -0.3 is 14.6 Å². The molecule has 0 radical (unpaired) electrons. The average Bonchev–Trinajstić information content (AvgIpc) is 3.20. The Morgan fingerprint density at radius 3 is 2.31 bits per heavy atom. The maximum Gasteiger partial charge on any atom is 0.419 e. The van der Waals surface area contributed by atoms with Crippen LogP contribution in [0.25, 0.3) is 0 Å². The summed E-state index contributed by atoms with van der Waals surface area (Å²) in [7, 11) is -3.71. The van der Waals surface area contributed by atoms with Crippen molar-refractivity contribution in [2.45, 2.75) is 43.5 Å². The summed E-state index contributed by atoms with van der Waals surface area (Å²) in [5.74, 6) is -1.24. The SMILES string of the molecule is COC(=O)[C@@H](OS(=O)(=O)c1ccc([N+](=O)[O-])cc1)[C@H](O)c1cn(C(=O)OC(C)(C)C)cn1. The van der Waals surface area contributed by atoms with Crippen LogP contribution in [-0.4, -0.2) is 58.9 Å². The monoisotopic (exact) mass is 471 g/mol. The number of esters is 1. The number of rotatable bonds is 7. The molecule has 0 aliphatic carbocycles. The number of carbonyl (C=O) groups is 2. The smallest absolute Gasteiger partial charge is 0.419 e. The highest BCUT2D eigenvalue weighted by molar-refractivity contribution is 7.86. The van der Waals surface area contributed by atoms with E-state index in [0.29, 0.717) is 0 Å². The van der Waals surface area contributed by atoms with E-state index < -0.39 is 49.8 Å². The fourth-order valence-electron chi connectivity index (χ4n) is 2.32. The van der Waals surface area contributed by atoms with Crippen molar-refractivity contribution >= 4 is 27.9 Å². The van der Waals surface area contributed by atoms with Crippen LogP contribution in [0.5, 0.6) is 0 Å². The lowest BCUT2D eigenvalue weighted by molar-refractivity contribution is -0.384. The number of aromatic nitrogens is 2. The van der Waals surface area contributed by atoms with Crippen LogP contribution in [0.1, 0.15) is 32.6 Å². The number of methoxy groups -OCH3 is 1. The molecule has 1 aromatic carbocycles. The molecule has 1 heterocycles. The third-order valence-corrected chi connectivity index (χ3v) is 5.11. The normalized spacial score (nSPS) is 13.8. The zero-order valence-electron chi connectivity index (χ0n) is 17.5. The van der Waals surface area contributed by atoms with E-state index in [-0.39, 0.29) is 11.4 Å². The van der Waals surface area contributed by atoms with E-state index in [1.165, 1.54) is 0 Å². The summed E-state index contributed by atoms with van der Waals surface area (Å²) in [6, 6.07) is 3.68. The molecule has 2 aromatic rings. The summed E-state index contributed by atoms with van der Waals surface area (Å²) in [6.45, 7) is 4.92. The first-order chi connectivity index (χ1) is 14.7. The molecule has 1 N–H and O–H groups in total. The maximum atomic E-state index is 12.5. The first-order valence-corrected chi connectivity index (χ1v) is 10.4. The number of imidazole rings is 1. The zero-order chi connectivity index (χ0) is 24.3. The van der Waals surface area contributed by atoms with Crippen molar-refractivity contribution in [3.63, 3.8) is 0 Å². The van der Waals surface area contributed by atoms with E-state index in [1.54, 1.807) is 20.8 Å². The van der Waals surface area contributed by atoms with Crippen LogP contribution in [0.2, 0.25) is 0 Å². The van der Waals surface area contributed by atoms with Crippen LogP contribution in [0.15, 0.2) is 41.7 Å². The van der Waals surface area contributed by atoms with E-state index in [4.69, 9.17) is 8.92 Å². The predicted octanol–water partition coefficient (Wildman–Crippen LogP) is 1.55. The molecule has 0 saturated heterocycles. The fourth-order valence-corrected chi connectivity index (χ4v) is 3.36. The minimum Gasteiger partial charge on any atom is -0.467 e. The van der Waals surface area contributed by atoms with Crippen LogP contribution < -0.4 is 0 Å². The molecule has 13 nitrogen and oxygen atoms in total.